The summed E-state index contributed by atoms with van der Waals surface area (Å²) < 4.78 is 27.6. The second-order valence-electron chi connectivity index (χ2n) is 5.20. The van der Waals surface area contributed by atoms with Crippen LogP contribution in [-0.2, 0) is 0 Å². The molecule has 1 nitrogen and oxygen atoms in total. The molecule has 4 heteroatoms. The Labute approximate surface area is 120 Å². The fourth-order valence-electron chi connectivity index (χ4n) is 2.71. The van der Waals surface area contributed by atoms with Gasteiger partial charge in [-0.1, -0.05) is 38.5 Å². The molecule has 0 unspecified atom stereocenters. The monoisotopic (exact) mass is 330 g/mol. The summed E-state index contributed by atoms with van der Waals surface area (Å²) in [6.07, 6.45) is 6.85. The zero-order chi connectivity index (χ0) is 13.8. The molecule has 0 radical (unpaired) electrons. The zero-order valence-corrected chi connectivity index (χ0v) is 12.3. The van der Waals surface area contributed by atoms with E-state index in [1.54, 1.807) is 0 Å². The lowest BCUT2D eigenvalue weighted by Gasteiger charge is -2.13. The minimum Gasteiger partial charge on any atom is -0.294 e. The SMILES string of the molecule is O=C(CC1CCCCCC1)c1c(F)ccc(Br)c1F. The van der Waals surface area contributed by atoms with E-state index in [4.69, 9.17) is 0 Å². The van der Waals surface area contributed by atoms with Gasteiger partial charge in [0.05, 0.1) is 10.0 Å². The summed E-state index contributed by atoms with van der Waals surface area (Å²) in [5.74, 6) is -1.69. The Morgan fingerprint density at radius 2 is 1.79 bits per heavy atom. The number of hydrogen-bond acceptors (Lipinski definition) is 1. The first-order valence-corrected chi connectivity index (χ1v) is 7.55. The summed E-state index contributed by atoms with van der Waals surface area (Å²) >= 11 is 2.99. The van der Waals surface area contributed by atoms with E-state index in [2.05, 4.69) is 15.9 Å². The number of halogens is 3. The lowest BCUT2D eigenvalue weighted by Crippen LogP contribution is -2.12. The van der Waals surface area contributed by atoms with E-state index in [1.807, 2.05) is 0 Å². The van der Waals surface area contributed by atoms with Crippen LogP contribution in [0.3, 0.4) is 0 Å². The molecule has 0 N–H and O–H groups in total. The second kappa shape index (κ2) is 6.60. The Morgan fingerprint density at radius 1 is 1.16 bits per heavy atom. The van der Waals surface area contributed by atoms with Gasteiger partial charge in [0.15, 0.2) is 11.6 Å². The van der Waals surface area contributed by atoms with Gasteiger partial charge in [-0.25, -0.2) is 8.78 Å². The first kappa shape index (κ1) is 14.6. The summed E-state index contributed by atoms with van der Waals surface area (Å²) in [5.41, 5.74) is -0.390. The number of ketones is 1. The molecule has 0 amide bonds. The van der Waals surface area contributed by atoms with Crippen LogP contribution in [0.1, 0.15) is 55.3 Å². The van der Waals surface area contributed by atoms with Crippen LogP contribution in [0.25, 0.3) is 0 Å². The second-order valence-corrected chi connectivity index (χ2v) is 6.06. The molecule has 0 bridgehead atoms. The maximum absolute atomic E-state index is 13.8. The lowest BCUT2D eigenvalue weighted by molar-refractivity contribution is 0.0948. The molecule has 0 heterocycles. The standard InChI is InChI=1S/C15H17BrF2O/c16-11-7-8-12(17)14(15(11)18)13(19)9-10-5-3-1-2-4-6-10/h7-8,10H,1-6,9H2. The number of hydrogen-bond donors (Lipinski definition) is 0. The van der Waals surface area contributed by atoms with E-state index < -0.39 is 23.0 Å². The van der Waals surface area contributed by atoms with Crippen LogP contribution in [0.5, 0.6) is 0 Å². The van der Waals surface area contributed by atoms with Gasteiger partial charge in [-0.05, 0) is 34.0 Å². The van der Waals surface area contributed by atoms with Crippen LogP contribution in [0.4, 0.5) is 8.78 Å². The lowest BCUT2D eigenvalue weighted by atomic mass is 9.92. The van der Waals surface area contributed by atoms with Crippen LogP contribution in [0, 0.1) is 17.6 Å². The highest BCUT2D eigenvalue weighted by molar-refractivity contribution is 9.10. The summed E-state index contributed by atoms with van der Waals surface area (Å²) in [4.78, 5) is 12.1. The summed E-state index contributed by atoms with van der Waals surface area (Å²) in [7, 11) is 0. The Hall–Kier alpha value is -0.770. The molecule has 104 valence electrons. The van der Waals surface area contributed by atoms with Crippen molar-refractivity contribution in [2.24, 2.45) is 5.92 Å². The summed E-state index contributed by atoms with van der Waals surface area (Å²) in [6, 6.07) is 2.42. The molecule has 0 atom stereocenters. The molecular formula is C15H17BrF2O. The fourth-order valence-corrected chi connectivity index (χ4v) is 3.05. The average molecular weight is 331 g/mol. The third-order valence-electron chi connectivity index (χ3n) is 3.77. The molecular weight excluding hydrogens is 314 g/mol. The third-order valence-corrected chi connectivity index (χ3v) is 4.38. The summed E-state index contributed by atoms with van der Waals surface area (Å²) in [5, 5.41) is 0. The predicted molar refractivity (Wildman–Crippen MR) is 74.2 cm³/mol. The van der Waals surface area contributed by atoms with E-state index in [-0.39, 0.29) is 16.8 Å². The Bertz CT molecular complexity index is 465. The number of benzene rings is 1. The topological polar surface area (TPSA) is 17.1 Å². The van der Waals surface area contributed by atoms with Crippen LogP contribution < -0.4 is 0 Å². The molecule has 1 aromatic carbocycles. The summed E-state index contributed by atoms with van der Waals surface area (Å²) in [6.45, 7) is 0. The van der Waals surface area contributed by atoms with Crippen molar-refractivity contribution < 1.29 is 13.6 Å². The highest BCUT2D eigenvalue weighted by Gasteiger charge is 2.23. The molecule has 0 aliphatic heterocycles. The zero-order valence-electron chi connectivity index (χ0n) is 10.7. The molecule has 1 aliphatic rings. The van der Waals surface area contributed by atoms with Gasteiger partial charge in [0.2, 0.25) is 0 Å². The molecule has 1 fully saturated rings. The van der Waals surface area contributed by atoms with Crippen molar-refractivity contribution in [2.75, 3.05) is 0 Å². The molecule has 1 aliphatic carbocycles. The van der Waals surface area contributed by atoms with E-state index >= 15 is 0 Å². The minimum absolute atomic E-state index is 0.137. The number of carbonyl (C=O) groups excluding carboxylic acids is 1. The van der Waals surface area contributed by atoms with Crippen LogP contribution in [0.15, 0.2) is 16.6 Å². The third kappa shape index (κ3) is 3.62. The van der Waals surface area contributed by atoms with Crippen molar-refractivity contribution in [2.45, 2.75) is 44.9 Å². The van der Waals surface area contributed by atoms with E-state index in [0.717, 1.165) is 31.7 Å². The van der Waals surface area contributed by atoms with Gasteiger partial charge in [0.1, 0.15) is 5.82 Å². The highest BCUT2D eigenvalue weighted by Crippen LogP contribution is 2.29. The van der Waals surface area contributed by atoms with Crippen LogP contribution in [-0.4, -0.2) is 5.78 Å². The van der Waals surface area contributed by atoms with Gasteiger partial charge in [0.25, 0.3) is 0 Å². The van der Waals surface area contributed by atoms with E-state index in [1.165, 1.54) is 18.9 Å². The highest BCUT2D eigenvalue weighted by atomic mass is 79.9. The first-order chi connectivity index (χ1) is 9.09. The average Bonchev–Trinajstić information content (AvgIpc) is 2.63. The normalized spacial score (nSPS) is 17.2. The number of Topliss-reactive ketones (excluding diaryl/α,β-unsaturated/α-hetero) is 1. The molecule has 2 rings (SSSR count). The van der Waals surface area contributed by atoms with Crippen molar-refractivity contribution in [3.05, 3.63) is 33.8 Å². The van der Waals surface area contributed by atoms with Gasteiger partial charge >= 0.3 is 0 Å². The first-order valence-electron chi connectivity index (χ1n) is 6.76. The number of carbonyl (C=O) groups is 1. The maximum Gasteiger partial charge on any atom is 0.169 e. The van der Waals surface area contributed by atoms with E-state index in [9.17, 15) is 13.6 Å². The van der Waals surface area contributed by atoms with Crippen molar-refractivity contribution in [3.63, 3.8) is 0 Å². The Kier molecular flexibility index (Phi) is 5.08. The number of rotatable bonds is 3. The van der Waals surface area contributed by atoms with Gasteiger partial charge in [-0.2, -0.15) is 0 Å². The molecule has 0 saturated heterocycles. The Morgan fingerprint density at radius 3 is 2.42 bits per heavy atom. The molecule has 0 aromatic heterocycles. The molecule has 0 spiro atoms. The molecule has 19 heavy (non-hydrogen) atoms. The van der Waals surface area contributed by atoms with Crippen LogP contribution in [0.2, 0.25) is 0 Å². The van der Waals surface area contributed by atoms with Crippen molar-refractivity contribution in [1.29, 1.82) is 0 Å². The fraction of sp³-hybridized carbons (Fsp3) is 0.533. The van der Waals surface area contributed by atoms with Gasteiger partial charge in [0, 0.05) is 6.42 Å². The van der Waals surface area contributed by atoms with E-state index in [0.29, 0.717) is 0 Å². The van der Waals surface area contributed by atoms with Crippen molar-refractivity contribution in [3.8, 4) is 0 Å². The smallest absolute Gasteiger partial charge is 0.169 e. The largest absolute Gasteiger partial charge is 0.294 e. The predicted octanol–water partition coefficient (Wildman–Crippen LogP) is 5.27. The Balaban J connectivity index is 2.13. The minimum atomic E-state index is -0.779. The molecule has 1 aromatic rings. The van der Waals surface area contributed by atoms with Gasteiger partial charge in [-0.15, -0.1) is 0 Å². The van der Waals surface area contributed by atoms with Crippen LogP contribution >= 0.6 is 15.9 Å². The van der Waals surface area contributed by atoms with Gasteiger partial charge < -0.3 is 0 Å². The van der Waals surface area contributed by atoms with Crippen molar-refractivity contribution >= 4 is 21.7 Å². The quantitative estimate of drug-likeness (QED) is 0.419. The maximum atomic E-state index is 13.8. The van der Waals surface area contributed by atoms with Crippen molar-refractivity contribution in [1.82, 2.24) is 0 Å². The molecule has 1 saturated carbocycles. The van der Waals surface area contributed by atoms with Gasteiger partial charge in [-0.3, -0.25) is 4.79 Å².